The molecule has 2 aromatic heterocycles. The van der Waals surface area contributed by atoms with Crippen LogP contribution >= 0.6 is 15.9 Å². The molecule has 5 rings (SSSR count). The number of imidazole rings is 1. The number of halogens is 3. The zero-order chi connectivity index (χ0) is 15.5. The summed E-state index contributed by atoms with van der Waals surface area (Å²) in [5.41, 5.74) is 1.26. The molecule has 2 aliphatic heterocycles. The first-order valence-corrected chi connectivity index (χ1v) is 7.79. The van der Waals surface area contributed by atoms with Gasteiger partial charge in [-0.15, -0.1) is 0 Å². The predicted molar refractivity (Wildman–Crippen MR) is 77.5 cm³/mol. The van der Waals surface area contributed by atoms with E-state index < -0.39 is 13.0 Å². The third kappa shape index (κ3) is 2.11. The van der Waals surface area contributed by atoms with E-state index in [-0.39, 0.29) is 16.9 Å². The molecular formula is C14H14BrF2N3O2. The van der Waals surface area contributed by atoms with Crippen LogP contribution in [-0.4, -0.2) is 39.6 Å². The second kappa shape index (κ2) is 4.61. The number of aromatic nitrogens is 3. The van der Waals surface area contributed by atoms with Gasteiger partial charge >= 0.3 is 0 Å². The number of nitrogens with zero attached hydrogens (tertiary/aromatic N) is 3. The van der Waals surface area contributed by atoms with Crippen LogP contribution in [0, 0.1) is 0 Å². The fourth-order valence-corrected chi connectivity index (χ4v) is 3.97. The summed E-state index contributed by atoms with van der Waals surface area (Å²) in [4.78, 5) is 8.69. The van der Waals surface area contributed by atoms with Gasteiger partial charge in [-0.1, -0.05) is 0 Å². The molecule has 0 unspecified atom stereocenters. The van der Waals surface area contributed by atoms with E-state index in [4.69, 9.17) is 9.47 Å². The molecule has 3 fully saturated rings. The molecule has 1 aliphatic carbocycles. The summed E-state index contributed by atoms with van der Waals surface area (Å²) in [5.74, 6) is 0.110. The minimum absolute atomic E-state index is 0.0381. The molecule has 2 bridgehead atoms. The second-order valence-corrected chi connectivity index (χ2v) is 7.11. The average Bonchev–Trinajstić information content (AvgIpc) is 3.05. The molecule has 0 amide bonds. The summed E-state index contributed by atoms with van der Waals surface area (Å²) in [6.07, 6.45) is 2.97. The molecule has 4 heterocycles. The maximum atomic E-state index is 12.4. The molecule has 0 aromatic carbocycles. The number of fused-ring (bicyclic) bond motifs is 2. The molecule has 8 heteroatoms. The lowest BCUT2D eigenvalue weighted by molar-refractivity contribution is 0.0154. The molecule has 118 valence electrons. The van der Waals surface area contributed by atoms with Crippen molar-refractivity contribution >= 4 is 21.6 Å². The van der Waals surface area contributed by atoms with Crippen LogP contribution in [0.5, 0.6) is 5.88 Å². The van der Waals surface area contributed by atoms with Crippen molar-refractivity contribution in [2.45, 2.75) is 37.2 Å². The van der Waals surface area contributed by atoms with Crippen LogP contribution in [0.15, 0.2) is 17.0 Å². The molecule has 3 aliphatic rings. The van der Waals surface area contributed by atoms with Gasteiger partial charge in [0.25, 0.3) is 12.3 Å². The molecule has 0 N–H and O–H groups in total. The minimum Gasteiger partial charge on any atom is -0.469 e. The Labute approximate surface area is 133 Å². The van der Waals surface area contributed by atoms with Gasteiger partial charge in [-0.2, -0.15) is 0 Å². The average molecular weight is 374 g/mol. The van der Waals surface area contributed by atoms with Gasteiger partial charge in [0.15, 0.2) is 6.61 Å². The normalized spacial score (nSPS) is 30.0. The number of ether oxygens (including phenoxy) is 2. The third-order valence-electron chi connectivity index (χ3n) is 4.39. The summed E-state index contributed by atoms with van der Waals surface area (Å²) in [5, 5.41) is 0. The summed E-state index contributed by atoms with van der Waals surface area (Å²) >= 11 is 3.26. The molecule has 1 saturated carbocycles. The Morgan fingerprint density at radius 1 is 1.41 bits per heavy atom. The van der Waals surface area contributed by atoms with Crippen molar-refractivity contribution in [1.82, 2.24) is 14.4 Å². The number of hydrogen-bond acceptors (Lipinski definition) is 4. The maximum Gasteiger partial charge on any atom is 0.272 e. The highest BCUT2D eigenvalue weighted by Gasteiger charge is 2.61. The number of hydrogen-bond donors (Lipinski definition) is 0. The summed E-state index contributed by atoms with van der Waals surface area (Å²) in [6, 6.07) is 0. The maximum absolute atomic E-state index is 12.4. The molecule has 22 heavy (non-hydrogen) atoms. The fraction of sp³-hybridized carbons (Fsp3) is 0.571. The van der Waals surface area contributed by atoms with Crippen LogP contribution in [-0.2, 0) is 10.2 Å². The van der Waals surface area contributed by atoms with Gasteiger partial charge in [0, 0.05) is 17.8 Å². The Morgan fingerprint density at radius 2 is 2.18 bits per heavy atom. The Kier molecular flexibility index (Phi) is 3.00. The van der Waals surface area contributed by atoms with E-state index in [0.717, 1.165) is 18.5 Å². The molecule has 0 radical (unpaired) electrons. The highest BCUT2D eigenvalue weighted by molar-refractivity contribution is 9.10. The fourth-order valence-electron chi connectivity index (χ4n) is 3.59. The summed E-state index contributed by atoms with van der Waals surface area (Å²) in [7, 11) is 0. The van der Waals surface area contributed by atoms with Gasteiger partial charge in [0.05, 0.1) is 17.9 Å². The van der Waals surface area contributed by atoms with Crippen LogP contribution in [0.25, 0.3) is 5.65 Å². The van der Waals surface area contributed by atoms with Gasteiger partial charge in [-0.3, -0.25) is 4.40 Å². The summed E-state index contributed by atoms with van der Waals surface area (Å²) in [6.45, 7) is 2.05. The van der Waals surface area contributed by atoms with Crippen LogP contribution in [0.2, 0.25) is 0 Å². The molecular weight excluding hydrogens is 360 g/mol. The highest BCUT2D eigenvalue weighted by Crippen LogP contribution is 2.58. The first-order valence-electron chi connectivity index (χ1n) is 7.00. The van der Waals surface area contributed by atoms with Crippen molar-refractivity contribution in [2.24, 2.45) is 0 Å². The van der Waals surface area contributed by atoms with Crippen molar-refractivity contribution in [2.75, 3.05) is 13.2 Å². The molecule has 0 atom stereocenters. The number of rotatable bonds is 4. The van der Waals surface area contributed by atoms with E-state index in [2.05, 4.69) is 32.8 Å². The Morgan fingerprint density at radius 3 is 2.82 bits per heavy atom. The lowest BCUT2D eigenvalue weighted by Crippen LogP contribution is -2.45. The van der Waals surface area contributed by atoms with E-state index >= 15 is 0 Å². The van der Waals surface area contributed by atoms with E-state index in [1.54, 1.807) is 10.6 Å². The predicted octanol–water partition coefficient (Wildman–Crippen LogP) is 2.96. The number of alkyl halides is 2. The van der Waals surface area contributed by atoms with Crippen LogP contribution in [0.3, 0.4) is 0 Å². The van der Waals surface area contributed by atoms with Gasteiger partial charge < -0.3 is 9.47 Å². The molecule has 5 nitrogen and oxygen atoms in total. The Hall–Kier alpha value is -1.28. The SMILES string of the molecule is CC12CC(c3cn4cc(Br)nc(OCC(F)F)c4n3)(CO1)C2. The van der Waals surface area contributed by atoms with E-state index in [0.29, 0.717) is 16.9 Å². The minimum atomic E-state index is -2.55. The van der Waals surface area contributed by atoms with Crippen molar-refractivity contribution in [3.63, 3.8) is 0 Å². The standard InChI is InChI=1S/C14H14BrF2N3O2/c1-13-5-14(6-13,7-22-13)8-2-20-3-9(15)19-12(11(20)18-8)21-4-10(16)17/h2-3,10H,4-7H2,1H3. The monoisotopic (exact) mass is 373 g/mol. The smallest absolute Gasteiger partial charge is 0.272 e. The first kappa shape index (κ1) is 14.3. The van der Waals surface area contributed by atoms with Gasteiger partial charge in [0.1, 0.15) is 4.60 Å². The van der Waals surface area contributed by atoms with Gasteiger partial charge in [-0.25, -0.2) is 18.7 Å². The van der Waals surface area contributed by atoms with Crippen molar-refractivity contribution in [3.05, 3.63) is 22.7 Å². The van der Waals surface area contributed by atoms with Crippen LogP contribution < -0.4 is 4.74 Å². The quantitative estimate of drug-likeness (QED) is 0.826. The van der Waals surface area contributed by atoms with Gasteiger partial charge in [0.2, 0.25) is 5.65 Å². The van der Waals surface area contributed by atoms with Crippen molar-refractivity contribution in [1.29, 1.82) is 0 Å². The summed E-state index contributed by atoms with van der Waals surface area (Å²) < 4.78 is 37.9. The lowest BCUT2D eigenvalue weighted by Gasteiger charge is -2.41. The Bertz CT molecular complexity index is 743. The zero-order valence-electron chi connectivity index (χ0n) is 11.9. The van der Waals surface area contributed by atoms with Crippen LogP contribution in [0.1, 0.15) is 25.5 Å². The third-order valence-corrected chi connectivity index (χ3v) is 4.77. The highest BCUT2D eigenvalue weighted by atomic mass is 79.9. The molecule has 2 saturated heterocycles. The van der Waals surface area contributed by atoms with E-state index in [9.17, 15) is 8.78 Å². The zero-order valence-corrected chi connectivity index (χ0v) is 13.4. The van der Waals surface area contributed by atoms with Crippen molar-refractivity contribution in [3.8, 4) is 5.88 Å². The Balaban J connectivity index is 1.73. The van der Waals surface area contributed by atoms with Gasteiger partial charge in [-0.05, 0) is 35.7 Å². The van der Waals surface area contributed by atoms with Crippen LogP contribution in [0.4, 0.5) is 8.78 Å². The molecule has 0 spiro atoms. The van der Waals surface area contributed by atoms with E-state index in [1.807, 2.05) is 6.20 Å². The largest absolute Gasteiger partial charge is 0.469 e. The molecule has 2 aromatic rings. The topological polar surface area (TPSA) is 48.7 Å². The first-order chi connectivity index (χ1) is 10.4. The van der Waals surface area contributed by atoms with Crippen molar-refractivity contribution < 1.29 is 18.3 Å². The second-order valence-electron chi connectivity index (χ2n) is 6.30. The lowest BCUT2D eigenvalue weighted by atomic mass is 9.62. The van der Waals surface area contributed by atoms with E-state index in [1.165, 1.54) is 0 Å².